The van der Waals surface area contributed by atoms with Gasteiger partial charge in [-0.25, -0.2) is 0 Å². The van der Waals surface area contributed by atoms with Crippen molar-refractivity contribution in [3.05, 3.63) is 24.3 Å². The van der Waals surface area contributed by atoms with Gasteiger partial charge in [0.1, 0.15) is 18.1 Å². The van der Waals surface area contributed by atoms with Crippen LogP contribution in [0.5, 0.6) is 11.5 Å². The molecule has 0 saturated carbocycles. The zero-order valence-electron chi connectivity index (χ0n) is 15.8. The third kappa shape index (κ3) is 6.82. The third-order valence-electron chi connectivity index (χ3n) is 4.40. The Hall–Kier alpha value is -1.95. The van der Waals surface area contributed by atoms with E-state index in [-0.39, 0.29) is 0 Å². The summed E-state index contributed by atoms with van der Waals surface area (Å²) >= 11 is 0. The van der Waals surface area contributed by atoms with Crippen LogP contribution >= 0.6 is 0 Å². The summed E-state index contributed by atoms with van der Waals surface area (Å²) in [5, 5.41) is 6.84. The summed E-state index contributed by atoms with van der Waals surface area (Å²) in [4.78, 5) is 6.85. The zero-order chi connectivity index (χ0) is 17.9. The molecule has 1 aliphatic heterocycles. The van der Waals surface area contributed by atoms with Crippen LogP contribution < -0.4 is 20.1 Å². The molecule has 0 amide bonds. The molecule has 6 heteroatoms. The second-order valence-electron chi connectivity index (χ2n) is 6.29. The Morgan fingerprint density at radius 3 is 2.72 bits per heavy atom. The van der Waals surface area contributed by atoms with E-state index in [2.05, 4.69) is 27.4 Å². The van der Waals surface area contributed by atoms with Gasteiger partial charge in [-0.15, -0.1) is 0 Å². The van der Waals surface area contributed by atoms with Crippen LogP contribution in [0.4, 0.5) is 0 Å². The maximum absolute atomic E-state index is 5.74. The van der Waals surface area contributed by atoms with Gasteiger partial charge in [0.15, 0.2) is 5.96 Å². The zero-order valence-corrected chi connectivity index (χ0v) is 15.8. The summed E-state index contributed by atoms with van der Waals surface area (Å²) in [6.45, 7) is 7.06. The molecule has 0 unspecified atom stereocenters. The molecule has 0 aromatic heterocycles. The van der Waals surface area contributed by atoms with Gasteiger partial charge in [-0.1, -0.05) is 13.0 Å². The molecule has 0 aliphatic carbocycles. The number of nitrogens with zero attached hydrogens (tertiary/aromatic N) is 2. The second kappa shape index (κ2) is 10.8. The standard InChI is InChI=1S/C19H32N4O2/c1-4-11-23-12-8-16(9-13-23)22-19(20-2)21-10-14-25-18-7-5-6-17(15-18)24-3/h5-7,15-16H,4,8-14H2,1-3H3,(H2,20,21,22). The van der Waals surface area contributed by atoms with Crippen LogP contribution in [-0.4, -0.2) is 63.8 Å². The molecule has 2 rings (SSSR count). The molecule has 2 N–H and O–H groups in total. The van der Waals surface area contributed by atoms with Gasteiger partial charge in [0.25, 0.3) is 0 Å². The van der Waals surface area contributed by atoms with E-state index in [1.54, 1.807) is 7.11 Å². The predicted molar refractivity (Wildman–Crippen MR) is 103 cm³/mol. The van der Waals surface area contributed by atoms with Crippen LogP contribution in [0.2, 0.25) is 0 Å². The first-order chi connectivity index (χ1) is 12.2. The summed E-state index contributed by atoms with van der Waals surface area (Å²) in [6, 6.07) is 8.14. The Bertz CT molecular complexity index is 528. The number of guanidine groups is 1. The van der Waals surface area contributed by atoms with Gasteiger partial charge in [-0.2, -0.15) is 0 Å². The normalized spacial score (nSPS) is 16.5. The molecule has 0 radical (unpaired) electrons. The molecule has 1 aromatic rings. The minimum Gasteiger partial charge on any atom is -0.497 e. The first-order valence-corrected chi connectivity index (χ1v) is 9.21. The van der Waals surface area contributed by atoms with Gasteiger partial charge in [-0.3, -0.25) is 4.99 Å². The second-order valence-corrected chi connectivity index (χ2v) is 6.29. The van der Waals surface area contributed by atoms with Crippen LogP contribution in [0.1, 0.15) is 26.2 Å². The highest BCUT2D eigenvalue weighted by atomic mass is 16.5. The Labute approximate surface area is 151 Å². The van der Waals surface area contributed by atoms with E-state index in [4.69, 9.17) is 9.47 Å². The number of hydrogen-bond donors (Lipinski definition) is 2. The quantitative estimate of drug-likeness (QED) is 0.428. The number of likely N-dealkylation sites (tertiary alicyclic amines) is 1. The number of methoxy groups -OCH3 is 1. The van der Waals surface area contributed by atoms with Crippen molar-refractivity contribution in [2.75, 3.05) is 46.9 Å². The van der Waals surface area contributed by atoms with E-state index >= 15 is 0 Å². The van der Waals surface area contributed by atoms with Crippen LogP contribution in [0, 0.1) is 0 Å². The Balaban J connectivity index is 1.65. The number of nitrogens with one attached hydrogen (secondary N) is 2. The average Bonchev–Trinajstić information content (AvgIpc) is 2.66. The van der Waals surface area contributed by atoms with Gasteiger partial charge in [0, 0.05) is 32.2 Å². The van der Waals surface area contributed by atoms with Crippen molar-refractivity contribution in [1.82, 2.24) is 15.5 Å². The van der Waals surface area contributed by atoms with Crippen molar-refractivity contribution < 1.29 is 9.47 Å². The van der Waals surface area contributed by atoms with E-state index in [1.165, 1.54) is 38.9 Å². The van der Waals surface area contributed by atoms with Gasteiger partial charge in [-0.05, 0) is 37.9 Å². The van der Waals surface area contributed by atoms with Crippen molar-refractivity contribution in [2.24, 2.45) is 4.99 Å². The monoisotopic (exact) mass is 348 g/mol. The summed E-state index contributed by atoms with van der Waals surface area (Å²) in [7, 11) is 3.47. The van der Waals surface area contributed by atoms with E-state index in [0.717, 1.165) is 17.5 Å². The Kier molecular flexibility index (Phi) is 8.39. The van der Waals surface area contributed by atoms with E-state index in [1.807, 2.05) is 31.3 Å². The fourth-order valence-corrected chi connectivity index (χ4v) is 3.03. The SMILES string of the molecule is CCCN1CCC(NC(=NC)NCCOc2cccc(OC)c2)CC1. The lowest BCUT2D eigenvalue weighted by atomic mass is 10.1. The van der Waals surface area contributed by atoms with E-state index in [9.17, 15) is 0 Å². The molecule has 1 heterocycles. The van der Waals surface area contributed by atoms with Crippen molar-refractivity contribution in [2.45, 2.75) is 32.2 Å². The lowest BCUT2D eigenvalue weighted by Crippen LogP contribution is -2.49. The maximum Gasteiger partial charge on any atom is 0.191 e. The number of rotatable bonds is 8. The highest BCUT2D eigenvalue weighted by Crippen LogP contribution is 2.18. The number of hydrogen-bond acceptors (Lipinski definition) is 4. The molecule has 0 bridgehead atoms. The van der Waals surface area contributed by atoms with E-state index in [0.29, 0.717) is 19.2 Å². The predicted octanol–water partition coefficient (Wildman–Crippen LogP) is 2.11. The number of ether oxygens (including phenoxy) is 2. The molecule has 140 valence electrons. The van der Waals surface area contributed by atoms with Crippen molar-refractivity contribution in [3.8, 4) is 11.5 Å². The molecule has 1 aromatic carbocycles. The average molecular weight is 348 g/mol. The molecule has 0 atom stereocenters. The summed E-state index contributed by atoms with van der Waals surface area (Å²) in [6.07, 6.45) is 3.57. The Morgan fingerprint density at radius 2 is 2.04 bits per heavy atom. The smallest absolute Gasteiger partial charge is 0.191 e. The van der Waals surface area contributed by atoms with Gasteiger partial charge >= 0.3 is 0 Å². The summed E-state index contributed by atoms with van der Waals surface area (Å²) in [5.41, 5.74) is 0. The molecule has 1 aliphatic rings. The fraction of sp³-hybridized carbons (Fsp3) is 0.632. The summed E-state index contributed by atoms with van der Waals surface area (Å²) < 4.78 is 10.9. The van der Waals surface area contributed by atoms with Crippen LogP contribution in [0.25, 0.3) is 0 Å². The fourth-order valence-electron chi connectivity index (χ4n) is 3.03. The summed E-state index contributed by atoms with van der Waals surface area (Å²) in [5.74, 6) is 2.47. The molecule has 1 fully saturated rings. The number of aliphatic imine (C=N–C) groups is 1. The molecule has 25 heavy (non-hydrogen) atoms. The van der Waals surface area contributed by atoms with Crippen molar-refractivity contribution >= 4 is 5.96 Å². The Morgan fingerprint density at radius 1 is 1.28 bits per heavy atom. The van der Waals surface area contributed by atoms with Crippen molar-refractivity contribution in [3.63, 3.8) is 0 Å². The topological polar surface area (TPSA) is 58.1 Å². The first kappa shape index (κ1) is 19.4. The lowest BCUT2D eigenvalue weighted by Gasteiger charge is -2.32. The maximum atomic E-state index is 5.74. The third-order valence-corrected chi connectivity index (χ3v) is 4.40. The minimum atomic E-state index is 0.499. The highest BCUT2D eigenvalue weighted by Gasteiger charge is 2.19. The molecular weight excluding hydrogens is 316 g/mol. The largest absolute Gasteiger partial charge is 0.497 e. The van der Waals surface area contributed by atoms with E-state index < -0.39 is 0 Å². The number of benzene rings is 1. The lowest BCUT2D eigenvalue weighted by molar-refractivity contribution is 0.206. The van der Waals surface area contributed by atoms with Gasteiger partial charge in [0.05, 0.1) is 13.7 Å². The molecule has 1 saturated heterocycles. The highest BCUT2D eigenvalue weighted by molar-refractivity contribution is 5.79. The first-order valence-electron chi connectivity index (χ1n) is 9.21. The van der Waals surface area contributed by atoms with Gasteiger partial charge < -0.3 is 25.0 Å². The van der Waals surface area contributed by atoms with Gasteiger partial charge in [0.2, 0.25) is 0 Å². The van der Waals surface area contributed by atoms with Crippen LogP contribution in [-0.2, 0) is 0 Å². The number of piperidine rings is 1. The molecule has 6 nitrogen and oxygen atoms in total. The van der Waals surface area contributed by atoms with Crippen molar-refractivity contribution in [1.29, 1.82) is 0 Å². The van der Waals surface area contributed by atoms with Crippen LogP contribution in [0.3, 0.4) is 0 Å². The molecule has 0 spiro atoms. The minimum absolute atomic E-state index is 0.499. The van der Waals surface area contributed by atoms with Crippen LogP contribution in [0.15, 0.2) is 29.3 Å². The molecular formula is C19H32N4O2.